The molecular formula is C23H25NO6. The van der Waals surface area contributed by atoms with Gasteiger partial charge in [-0.15, -0.1) is 0 Å². The monoisotopic (exact) mass is 411 g/mol. The zero-order valence-electron chi connectivity index (χ0n) is 17.4. The van der Waals surface area contributed by atoms with Crippen molar-refractivity contribution in [2.45, 2.75) is 38.5 Å². The number of esters is 1. The Balaban J connectivity index is 1.61. The van der Waals surface area contributed by atoms with E-state index in [1.54, 1.807) is 14.2 Å². The van der Waals surface area contributed by atoms with Crippen LogP contribution >= 0.6 is 0 Å². The van der Waals surface area contributed by atoms with Crippen LogP contribution in [0.1, 0.15) is 35.2 Å². The van der Waals surface area contributed by atoms with Crippen LogP contribution in [0.15, 0.2) is 24.3 Å². The largest absolute Gasteiger partial charge is 0.493 e. The molecule has 2 atom stereocenters. The van der Waals surface area contributed by atoms with Gasteiger partial charge in [0.2, 0.25) is 6.79 Å². The number of fused-ring (bicyclic) bond motifs is 5. The molecule has 0 aliphatic carbocycles. The molecule has 158 valence electrons. The Kier molecular flexibility index (Phi) is 4.70. The Bertz CT molecular complexity index is 1000. The normalized spacial score (nSPS) is 21.7. The fourth-order valence-electron chi connectivity index (χ4n) is 4.87. The summed E-state index contributed by atoms with van der Waals surface area (Å²) in [7, 11) is 3.28. The van der Waals surface area contributed by atoms with Crippen molar-refractivity contribution in [3.63, 3.8) is 0 Å². The maximum Gasteiger partial charge on any atom is 0.302 e. The summed E-state index contributed by atoms with van der Waals surface area (Å²) in [5.74, 6) is 2.65. The lowest BCUT2D eigenvalue weighted by molar-refractivity contribution is -0.150. The number of benzene rings is 2. The summed E-state index contributed by atoms with van der Waals surface area (Å²) in [6.45, 7) is 3.32. The number of carbonyl (C=O) groups is 1. The summed E-state index contributed by atoms with van der Waals surface area (Å²) in [5, 5.41) is 0. The van der Waals surface area contributed by atoms with Crippen molar-refractivity contribution in [1.29, 1.82) is 0 Å². The smallest absolute Gasteiger partial charge is 0.302 e. The lowest BCUT2D eigenvalue weighted by atomic mass is 9.87. The maximum atomic E-state index is 12.0. The first-order chi connectivity index (χ1) is 14.6. The highest BCUT2D eigenvalue weighted by Gasteiger charge is 2.40. The van der Waals surface area contributed by atoms with E-state index in [2.05, 4.69) is 11.0 Å². The molecule has 5 rings (SSSR count). The fraction of sp³-hybridized carbons (Fsp3) is 0.435. The number of hydrogen-bond acceptors (Lipinski definition) is 7. The van der Waals surface area contributed by atoms with E-state index < -0.39 is 0 Å². The highest BCUT2D eigenvalue weighted by Crippen LogP contribution is 2.45. The van der Waals surface area contributed by atoms with Gasteiger partial charge in [-0.3, -0.25) is 9.69 Å². The minimum atomic E-state index is -0.318. The van der Waals surface area contributed by atoms with Gasteiger partial charge in [-0.25, -0.2) is 0 Å². The van der Waals surface area contributed by atoms with E-state index in [9.17, 15) is 4.79 Å². The molecule has 0 bridgehead atoms. The van der Waals surface area contributed by atoms with Gasteiger partial charge in [0.15, 0.2) is 23.0 Å². The van der Waals surface area contributed by atoms with Crippen LogP contribution in [-0.4, -0.2) is 44.5 Å². The van der Waals surface area contributed by atoms with E-state index in [1.807, 2.05) is 18.2 Å². The van der Waals surface area contributed by atoms with E-state index in [0.717, 1.165) is 47.9 Å². The van der Waals surface area contributed by atoms with Crippen molar-refractivity contribution in [2.24, 2.45) is 0 Å². The lowest BCUT2D eigenvalue weighted by Gasteiger charge is -2.39. The summed E-state index contributed by atoms with van der Waals surface area (Å²) in [6.07, 6.45) is 1.18. The van der Waals surface area contributed by atoms with E-state index in [4.69, 9.17) is 23.7 Å². The SMILES string of the molecule is COc1cc2c(cc1OC)[C@@H]1[C@@H](OC(C)=O)Cc3cc4c(cc3CN1CC2)OCO4. The quantitative estimate of drug-likeness (QED) is 0.720. The highest BCUT2D eigenvalue weighted by atomic mass is 16.7. The van der Waals surface area contributed by atoms with E-state index in [-0.39, 0.29) is 24.9 Å². The summed E-state index contributed by atoms with van der Waals surface area (Å²) >= 11 is 0. The molecule has 30 heavy (non-hydrogen) atoms. The molecule has 0 radical (unpaired) electrons. The maximum absolute atomic E-state index is 12.0. The van der Waals surface area contributed by atoms with Crippen molar-refractivity contribution < 1.29 is 28.5 Å². The summed E-state index contributed by atoms with van der Waals surface area (Å²) in [4.78, 5) is 14.4. The third-order valence-corrected chi connectivity index (χ3v) is 6.18. The minimum absolute atomic E-state index is 0.0680. The summed E-state index contributed by atoms with van der Waals surface area (Å²) in [5.41, 5.74) is 4.63. The standard InChI is InChI=1S/C23H25NO6/c1-13(25)30-22-8-15-7-20-21(29-12-28-20)9-16(15)11-24-5-4-14-6-18(26-2)19(27-3)10-17(14)23(22)24/h6-7,9-10,22-23H,4-5,8,11-12H2,1-3H3/t22-,23+/m0/s1. The lowest BCUT2D eigenvalue weighted by Crippen LogP contribution is -2.42. The minimum Gasteiger partial charge on any atom is -0.493 e. The average molecular weight is 411 g/mol. The molecule has 0 unspecified atom stereocenters. The molecule has 2 aromatic carbocycles. The Morgan fingerprint density at radius 3 is 2.40 bits per heavy atom. The molecule has 2 aromatic rings. The van der Waals surface area contributed by atoms with Gasteiger partial charge < -0.3 is 23.7 Å². The molecule has 0 spiro atoms. The molecule has 7 heteroatoms. The Hall–Kier alpha value is -2.93. The van der Waals surface area contributed by atoms with Crippen LogP contribution in [-0.2, 0) is 28.9 Å². The first kappa shape index (κ1) is 19.1. The second-order valence-corrected chi connectivity index (χ2v) is 7.90. The summed E-state index contributed by atoms with van der Waals surface area (Å²) < 4.78 is 28.1. The zero-order chi connectivity index (χ0) is 20.8. The van der Waals surface area contributed by atoms with Crippen LogP contribution in [0, 0.1) is 0 Å². The molecule has 3 aliphatic rings. The van der Waals surface area contributed by atoms with Gasteiger partial charge in [-0.2, -0.15) is 0 Å². The molecule has 0 saturated carbocycles. The van der Waals surface area contributed by atoms with Crippen LogP contribution in [0.3, 0.4) is 0 Å². The Labute approximate surface area is 175 Å². The van der Waals surface area contributed by atoms with E-state index in [0.29, 0.717) is 12.2 Å². The van der Waals surface area contributed by atoms with Gasteiger partial charge in [-0.05, 0) is 52.9 Å². The number of ether oxygens (including phenoxy) is 5. The number of hydrogen-bond donors (Lipinski definition) is 0. The first-order valence-corrected chi connectivity index (χ1v) is 10.1. The number of nitrogens with zero attached hydrogens (tertiary/aromatic N) is 1. The Morgan fingerprint density at radius 1 is 1.00 bits per heavy atom. The van der Waals surface area contributed by atoms with Crippen LogP contribution in [0.25, 0.3) is 0 Å². The van der Waals surface area contributed by atoms with Crippen LogP contribution < -0.4 is 18.9 Å². The number of carbonyl (C=O) groups excluding carboxylic acids is 1. The fourth-order valence-corrected chi connectivity index (χ4v) is 4.87. The van der Waals surface area contributed by atoms with Crippen molar-refractivity contribution >= 4 is 5.97 Å². The number of methoxy groups -OCH3 is 2. The van der Waals surface area contributed by atoms with Crippen LogP contribution in [0.4, 0.5) is 0 Å². The molecule has 0 amide bonds. The van der Waals surface area contributed by atoms with Crippen molar-refractivity contribution in [3.8, 4) is 23.0 Å². The van der Waals surface area contributed by atoms with Gasteiger partial charge >= 0.3 is 5.97 Å². The van der Waals surface area contributed by atoms with Gasteiger partial charge in [0.05, 0.1) is 20.3 Å². The van der Waals surface area contributed by atoms with Gasteiger partial charge in [0.25, 0.3) is 0 Å². The third-order valence-electron chi connectivity index (χ3n) is 6.18. The summed E-state index contributed by atoms with van der Waals surface area (Å²) in [6, 6.07) is 8.10. The van der Waals surface area contributed by atoms with E-state index in [1.165, 1.54) is 18.1 Å². The average Bonchev–Trinajstić information content (AvgIpc) is 3.12. The molecule has 7 nitrogen and oxygen atoms in total. The van der Waals surface area contributed by atoms with Crippen LogP contribution in [0.2, 0.25) is 0 Å². The second-order valence-electron chi connectivity index (χ2n) is 7.90. The predicted molar refractivity (Wildman–Crippen MR) is 108 cm³/mol. The van der Waals surface area contributed by atoms with Crippen LogP contribution in [0.5, 0.6) is 23.0 Å². The van der Waals surface area contributed by atoms with Crippen molar-refractivity contribution in [2.75, 3.05) is 27.6 Å². The molecule has 0 aromatic heterocycles. The number of rotatable bonds is 3. The molecule has 0 saturated heterocycles. The Morgan fingerprint density at radius 2 is 1.70 bits per heavy atom. The zero-order valence-corrected chi connectivity index (χ0v) is 17.4. The van der Waals surface area contributed by atoms with E-state index >= 15 is 0 Å². The molecule has 3 heterocycles. The molecular weight excluding hydrogens is 386 g/mol. The second kappa shape index (κ2) is 7.40. The molecule has 0 N–H and O–H groups in total. The molecule has 0 fully saturated rings. The van der Waals surface area contributed by atoms with Gasteiger partial charge in [-0.1, -0.05) is 0 Å². The third kappa shape index (κ3) is 3.13. The van der Waals surface area contributed by atoms with Crippen molar-refractivity contribution in [3.05, 3.63) is 46.5 Å². The topological polar surface area (TPSA) is 66.5 Å². The highest BCUT2D eigenvalue weighted by molar-refractivity contribution is 5.66. The van der Waals surface area contributed by atoms with Gasteiger partial charge in [0, 0.05) is 26.4 Å². The van der Waals surface area contributed by atoms with Crippen molar-refractivity contribution in [1.82, 2.24) is 4.90 Å². The first-order valence-electron chi connectivity index (χ1n) is 10.1. The molecule has 3 aliphatic heterocycles. The van der Waals surface area contributed by atoms with Gasteiger partial charge in [0.1, 0.15) is 6.10 Å². The predicted octanol–water partition coefficient (Wildman–Crippen LogP) is 3.02.